The van der Waals surface area contributed by atoms with Crippen molar-refractivity contribution in [3.63, 3.8) is 0 Å². The second-order valence-electron chi connectivity index (χ2n) is 5.66. The lowest BCUT2D eigenvalue weighted by molar-refractivity contribution is -0.123. The number of rotatable bonds is 4. The first kappa shape index (κ1) is 14.9. The fraction of sp³-hybridized carbons (Fsp3) is 0.846. The molecule has 0 unspecified atom stereocenters. The van der Waals surface area contributed by atoms with Crippen molar-refractivity contribution in [2.45, 2.75) is 39.3 Å². The summed E-state index contributed by atoms with van der Waals surface area (Å²) in [7, 11) is 0. The summed E-state index contributed by atoms with van der Waals surface area (Å²) in [5.74, 6) is 0.0815. The molecule has 102 valence electrons. The molecule has 0 radical (unpaired) electrons. The molecule has 1 N–H and O–H groups in total. The topological polar surface area (TPSA) is 59.4 Å². The van der Waals surface area contributed by atoms with Gasteiger partial charge >= 0.3 is 0 Å². The number of nitriles is 1. The predicted octanol–water partition coefficient (Wildman–Crippen LogP) is 0.431. The molecule has 5 heteroatoms. The van der Waals surface area contributed by atoms with Crippen LogP contribution in [0.25, 0.3) is 0 Å². The molecule has 0 bridgehead atoms. The Bertz CT molecular complexity index is 324. The summed E-state index contributed by atoms with van der Waals surface area (Å²) in [5.41, 5.74) is -0.410. The minimum Gasteiger partial charge on any atom is -0.353 e. The number of hydrogen-bond donors (Lipinski definition) is 1. The standard InChI is InChI=1S/C13H24N4O/c1-11(2)15-12(18)9-16-5-7-17(8-6-16)13(3,4)10-14/h11H,5-9H2,1-4H3,(H,15,18). The maximum absolute atomic E-state index is 11.6. The van der Waals surface area contributed by atoms with Crippen molar-refractivity contribution in [2.75, 3.05) is 32.7 Å². The Hall–Kier alpha value is -1.12. The van der Waals surface area contributed by atoms with Gasteiger partial charge in [0, 0.05) is 32.2 Å². The van der Waals surface area contributed by atoms with Crippen LogP contribution in [0.3, 0.4) is 0 Å². The molecular formula is C13H24N4O. The Morgan fingerprint density at radius 2 is 1.89 bits per heavy atom. The molecule has 1 fully saturated rings. The molecule has 0 aromatic heterocycles. The molecule has 5 nitrogen and oxygen atoms in total. The first-order valence-corrected chi connectivity index (χ1v) is 6.53. The summed E-state index contributed by atoms with van der Waals surface area (Å²) in [6, 6.07) is 2.51. The summed E-state index contributed by atoms with van der Waals surface area (Å²) in [4.78, 5) is 15.9. The zero-order valence-corrected chi connectivity index (χ0v) is 11.9. The smallest absolute Gasteiger partial charge is 0.234 e. The van der Waals surface area contributed by atoms with Crippen molar-refractivity contribution in [1.82, 2.24) is 15.1 Å². The highest BCUT2D eigenvalue weighted by Crippen LogP contribution is 2.15. The molecule has 0 aromatic rings. The zero-order chi connectivity index (χ0) is 13.8. The van der Waals surface area contributed by atoms with E-state index in [9.17, 15) is 4.79 Å². The average Bonchev–Trinajstić information content (AvgIpc) is 2.28. The molecule has 1 heterocycles. The summed E-state index contributed by atoms with van der Waals surface area (Å²) in [6.07, 6.45) is 0. The Kier molecular flexibility index (Phi) is 5.12. The van der Waals surface area contributed by atoms with Gasteiger partial charge < -0.3 is 5.32 Å². The molecule has 0 atom stereocenters. The van der Waals surface area contributed by atoms with Crippen LogP contribution < -0.4 is 5.32 Å². The van der Waals surface area contributed by atoms with Crippen LogP contribution in [0.5, 0.6) is 0 Å². The normalized spacial score (nSPS) is 18.7. The van der Waals surface area contributed by atoms with Gasteiger partial charge in [-0.3, -0.25) is 14.6 Å². The minimum absolute atomic E-state index is 0.0815. The van der Waals surface area contributed by atoms with Crippen LogP contribution in [0.15, 0.2) is 0 Å². The lowest BCUT2D eigenvalue weighted by Gasteiger charge is -2.40. The monoisotopic (exact) mass is 252 g/mol. The minimum atomic E-state index is -0.410. The lowest BCUT2D eigenvalue weighted by Crippen LogP contribution is -2.55. The third kappa shape index (κ3) is 4.28. The van der Waals surface area contributed by atoms with Gasteiger partial charge in [0.2, 0.25) is 5.91 Å². The van der Waals surface area contributed by atoms with Crippen molar-refractivity contribution < 1.29 is 4.79 Å². The van der Waals surface area contributed by atoms with Crippen LogP contribution in [0.2, 0.25) is 0 Å². The largest absolute Gasteiger partial charge is 0.353 e. The van der Waals surface area contributed by atoms with Gasteiger partial charge in [0.15, 0.2) is 0 Å². The summed E-state index contributed by atoms with van der Waals surface area (Å²) < 4.78 is 0. The molecular weight excluding hydrogens is 228 g/mol. The second kappa shape index (κ2) is 6.17. The van der Waals surface area contributed by atoms with Crippen LogP contribution >= 0.6 is 0 Å². The number of hydrogen-bond acceptors (Lipinski definition) is 4. The van der Waals surface area contributed by atoms with E-state index >= 15 is 0 Å². The van der Waals surface area contributed by atoms with Crippen molar-refractivity contribution >= 4 is 5.91 Å². The van der Waals surface area contributed by atoms with Crippen molar-refractivity contribution in [3.05, 3.63) is 0 Å². The van der Waals surface area contributed by atoms with Crippen LogP contribution in [0, 0.1) is 11.3 Å². The van der Waals surface area contributed by atoms with Gasteiger partial charge in [-0.15, -0.1) is 0 Å². The maximum Gasteiger partial charge on any atom is 0.234 e. The Morgan fingerprint density at radius 3 is 2.33 bits per heavy atom. The number of amides is 1. The summed E-state index contributed by atoms with van der Waals surface area (Å²) in [5, 5.41) is 12.0. The predicted molar refractivity (Wildman–Crippen MR) is 71.0 cm³/mol. The molecule has 1 rings (SSSR count). The van der Waals surface area contributed by atoms with Gasteiger partial charge in [0.05, 0.1) is 12.6 Å². The van der Waals surface area contributed by atoms with Gasteiger partial charge in [0.25, 0.3) is 0 Å². The quantitative estimate of drug-likeness (QED) is 0.788. The number of nitrogens with one attached hydrogen (secondary N) is 1. The van der Waals surface area contributed by atoms with E-state index in [0.717, 1.165) is 26.2 Å². The molecule has 0 spiro atoms. The number of nitrogens with zero attached hydrogens (tertiary/aromatic N) is 3. The van der Waals surface area contributed by atoms with Crippen LogP contribution in [-0.2, 0) is 4.79 Å². The molecule has 0 aromatic carbocycles. The van der Waals surface area contributed by atoms with E-state index in [1.54, 1.807) is 0 Å². The summed E-state index contributed by atoms with van der Waals surface area (Å²) in [6.45, 7) is 11.6. The van der Waals surface area contributed by atoms with Gasteiger partial charge in [-0.1, -0.05) is 0 Å². The first-order chi connectivity index (χ1) is 8.35. The van der Waals surface area contributed by atoms with Gasteiger partial charge in [-0.2, -0.15) is 5.26 Å². The van der Waals surface area contributed by atoms with Gasteiger partial charge in [-0.25, -0.2) is 0 Å². The zero-order valence-electron chi connectivity index (χ0n) is 11.9. The molecule has 0 saturated carbocycles. The van der Waals surface area contributed by atoms with E-state index in [2.05, 4.69) is 21.2 Å². The Morgan fingerprint density at radius 1 is 1.33 bits per heavy atom. The summed E-state index contributed by atoms with van der Waals surface area (Å²) >= 11 is 0. The highest BCUT2D eigenvalue weighted by Gasteiger charge is 2.30. The number of carbonyl (C=O) groups is 1. The Labute approximate surface area is 110 Å². The van der Waals surface area contributed by atoms with Gasteiger partial charge in [-0.05, 0) is 27.7 Å². The first-order valence-electron chi connectivity index (χ1n) is 6.53. The van der Waals surface area contributed by atoms with Crippen molar-refractivity contribution in [2.24, 2.45) is 0 Å². The van der Waals surface area contributed by atoms with E-state index in [1.807, 2.05) is 27.7 Å². The van der Waals surface area contributed by atoms with Crippen molar-refractivity contribution in [3.8, 4) is 6.07 Å². The maximum atomic E-state index is 11.6. The Balaban J connectivity index is 2.36. The SMILES string of the molecule is CC(C)NC(=O)CN1CCN(C(C)(C)C#N)CC1. The van der Waals surface area contributed by atoms with E-state index < -0.39 is 5.54 Å². The fourth-order valence-electron chi connectivity index (χ4n) is 2.11. The lowest BCUT2D eigenvalue weighted by atomic mass is 10.0. The van der Waals surface area contributed by atoms with Crippen LogP contribution in [0.4, 0.5) is 0 Å². The van der Waals surface area contributed by atoms with Crippen LogP contribution in [0.1, 0.15) is 27.7 Å². The number of piperazine rings is 1. The van der Waals surface area contributed by atoms with E-state index in [-0.39, 0.29) is 11.9 Å². The van der Waals surface area contributed by atoms with Gasteiger partial charge in [0.1, 0.15) is 5.54 Å². The van der Waals surface area contributed by atoms with Crippen LogP contribution in [-0.4, -0.2) is 60.0 Å². The number of carbonyl (C=O) groups excluding carboxylic acids is 1. The van der Waals surface area contributed by atoms with Crippen molar-refractivity contribution in [1.29, 1.82) is 5.26 Å². The fourth-order valence-corrected chi connectivity index (χ4v) is 2.11. The second-order valence-corrected chi connectivity index (χ2v) is 5.66. The third-order valence-corrected chi connectivity index (χ3v) is 3.25. The highest BCUT2D eigenvalue weighted by molar-refractivity contribution is 5.78. The molecule has 0 aliphatic carbocycles. The highest BCUT2D eigenvalue weighted by atomic mass is 16.2. The molecule has 1 aliphatic rings. The molecule has 18 heavy (non-hydrogen) atoms. The molecule has 1 saturated heterocycles. The van der Waals surface area contributed by atoms with E-state index in [0.29, 0.717) is 6.54 Å². The van der Waals surface area contributed by atoms with E-state index in [1.165, 1.54) is 0 Å². The molecule has 1 amide bonds. The van der Waals surface area contributed by atoms with E-state index in [4.69, 9.17) is 5.26 Å². The third-order valence-electron chi connectivity index (χ3n) is 3.25. The molecule has 1 aliphatic heterocycles. The average molecular weight is 252 g/mol.